The smallest absolute Gasteiger partial charge is 0.273 e. The number of nitrogens with one attached hydrogen (secondary N) is 1. The second kappa shape index (κ2) is 16.1. The molecule has 0 atom stereocenters. The number of hydroxylamine groups is 4. The van der Waals surface area contributed by atoms with Crippen LogP contribution in [-0.4, -0.2) is 49.1 Å². The summed E-state index contributed by atoms with van der Waals surface area (Å²) in [5.74, 6) is -0.503. The molecule has 3 rings (SSSR count). The molecule has 0 bridgehead atoms. The van der Waals surface area contributed by atoms with Gasteiger partial charge in [0.2, 0.25) is 11.8 Å². The number of H-pyrrole nitrogens is 1. The SMILES string of the molecule is CC(=O)N(CCCCn1c(=O)[nH]c(=O)n(CCCCN(OCc2ccccc2)C(C)=O)c1=O)OCc1ccccc1. The van der Waals surface area contributed by atoms with Crippen LogP contribution in [0.1, 0.15) is 50.7 Å². The van der Waals surface area contributed by atoms with E-state index in [1.807, 2.05) is 60.7 Å². The summed E-state index contributed by atoms with van der Waals surface area (Å²) in [6.07, 6.45) is 1.77. The molecule has 0 aliphatic rings. The van der Waals surface area contributed by atoms with Crippen LogP contribution in [0.5, 0.6) is 0 Å². The molecule has 1 N–H and O–H groups in total. The van der Waals surface area contributed by atoms with Gasteiger partial charge < -0.3 is 0 Å². The van der Waals surface area contributed by atoms with Gasteiger partial charge in [0.05, 0.1) is 0 Å². The summed E-state index contributed by atoms with van der Waals surface area (Å²) in [6, 6.07) is 18.9. The number of hydrogen-bond donors (Lipinski definition) is 1. The second-order valence-electron chi connectivity index (χ2n) is 9.50. The first kappa shape index (κ1) is 31.2. The maximum atomic E-state index is 12.9. The minimum atomic E-state index is -0.780. The highest BCUT2D eigenvalue weighted by Gasteiger charge is 2.13. The molecule has 0 saturated heterocycles. The monoisotopic (exact) mass is 567 g/mol. The van der Waals surface area contributed by atoms with Crippen LogP contribution < -0.4 is 17.1 Å². The summed E-state index contributed by atoms with van der Waals surface area (Å²) in [5.41, 5.74) is -0.416. The average Bonchev–Trinajstić information content (AvgIpc) is 2.95. The van der Waals surface area contributed by atoms with Crippen LogP contribution in [0.2, 0.25) is 0 Å². The lowest BCUT2D eigenvalue weighted by molar-refractivity contribution is -0.189. The van der Waals surface area contributed by atoms with Crippen molar-refractivity contribution in [2.45, 2.75) is 65.8 Å². The zero-order valence-electron chi connectivity index (χ0n) is 23.5. The summed E-state index contributed by atoms with van der Waals surface area (Å²) in [4.78, 5) is 74.9. The van der Waals surface area contributed by atoms with Crippen molar-refractivity contribution in [3.05, 3.63) is 103 Å². The molecule has 0 radical (unpaired) electrons. The molecule has 1 aromatic heterocycles. The van der Waals surface area contributed by atoms with Crippen LogP contribution in [0.4, 0.5) is 0 Å². The maximum absolute atomic E-state index is 12.9. The van der Waals surface area contributed by atoms with Gasteiger partial charge in [-0.1, -0.05) is 60.7 Å². The van der Waals surface area contributed by atoms with Crippen LogP contribution in [0.15, 0.2) is 75.0 Å². The molecule has 41 heavy (non-hydrogen) atoms. The van der Waals surface area contributed by atoms with Crippen LogP contribution in [0.25, 0.3) is 0 Å². The number of benzene rings is 2. The van der Waals surface area contributed by atoms with Crippen molar-refractivity contribution in [3.63, 3.8) is 0 Å². The van der Waals surface area contributed by atoms with E-state index in [9.17, 15) is 24.0 Å². The molecule has 0 fully saturated rings. The van der Waals surface area contributed by atoms with Crippen molar-refractivity contribution >= 4 is 11.8 Å². The average molecular weight is 568 g/mol. The van der Waals surface area contributed by atoms with E-state index < -0.39 is 17.1 Å². The van der Waals surface area contributed by atoms with Gasteiger partial charge in [0.25, 0.3) is 0 Å². The first-order valence-electron chi connectivity index (χ1n) is 13.6. The van der Waals surface area contributed by atoms with Crippen molar-refractivity contribution in [1.29, 1.82) is 0 Å². The minimum absolute atomic E-state index is 0.0737. The molecule has 1 heterocycles. The van der Waals surface area contributed by atoms with Crippen LogP contribution in [0.3, 0.4) is 0 Å². The molecule has 220 valence electrons. The minimum Gasteiger partial charge on any atom is -0.273 e. The van der Waals surface area contributed by atoms with Gasteiger partial charge in [0, 0.05) is 40.0 Å². The number of amides is 2. The van der Waals surface area contributed by atoms with Crippen molar-refractivity contribution in [1.82, 2.24) is 24.2 Å². The Morgan fingerprint density at radius 3 is 1.41 bits per heavy atom. The first-order valence-corrected chi connectivity index (χ1v) is 13.6. The Labute approximate surface area is 237 Å². The summed E-state index contributed by atoms with van der Waals surface area (Å²) in [5, 5.41) is 2.52. The highest BCUT2D eigenvalue weighted by atomic mass is 16.7. The normalized spacial score (nSPS) is 10.9. The number of carbonyl (C=O) groups excluding carboxylic acids is 2. The lowest BCUT2D eigenvalue weighted by atomic mass is 10.2. The lowest BCUT2D eigenvalue weighted by Gasteiger charge is -2.20. The zero-order chi connectivity index (χ0) is 29.6. The van der Waals surface area contributed by atoms with E-state index in [0.29, 0.717) is 25.7 Å². The van der Waals surface area contributed by atoms with E-state index in [0.717, 1.165) is 20.3 Å². The number of nitrogens with zero attached hydrogens (tertiary/aromatic N) is 4. The number of carbonyl (C=O) groups is 2. The zero-order valence-corrected chi connectivity index (χ0v) is 23.5. The molecular formula is C29H37N5O7. The fraction of sp³-hybridized carbons (Fsp3) is 0.414. The Morgan fingerprint density at radius 1 is 0.659 bits per heavy atom. The number of hydrogen-bond acceptors (Lipinski definition) is 7. The second-order valence-corrected chi connectivity index (χ2v) is 9.50. The fourth-order valence-electron chi connectivity index (χ4n) is 4.07. The molecule has 3 aromatic rings. The van der Waals surface area contributed by atoms with Gasteiger partial charge in [-0.2, -0.15) is 0 Å². The standard InChI is InChI=1S/C29H37N5O7/c1-23(35)33(40-21-25-13-5-3-6-14-25)19-11-9-17-31-27(37)30-28(38)32(29(31)39)18-10-12-20-34(24(2)36)41-22-26-15-7-4-8-16-26/h3-8,13-16H,9-12,17-22H2,1-2H3,(H,30,37,38). The Bertz CT molecular complexity index is 1330. The van der Waals surface area contributed by atoms with Gasteiger partial charge in [-0.15, -0.1) is 0 Å². The van der Waals surface area contributed by atoms with Gasteiger partial charge in [-0.3, -0.25) is 24.2 Å². The van der Waals surface area contributed by atoms with Crippen molar-refractivity contribution in [3.8, 4) is 0 Å². The highest BCUT2D eigenvalue weighted by Crippen LogP contribution is 2.07. The number of aromatic nitrogens is 3. The van der Waals surface area contributed by atoms with E-state index in [-0.39, 0.29) is 51.2 Å². The third-order valence-corrected chi connectivity index (χ3v) is 6.31. The van der Waals surface area contributed by atoms with Crippen LogP contribution in [-0.2, 0) is 45.6 Å². The van der Waals surface area contributed by atoms with E-state index in [1.54, 1.807) is 0 Å². The number of aromatic amines is 1. The molecule has 0 aliphatic heterocycles. The van der Waals surface area contributed by atoms with E-state index in [1.165, 1.54) is 24.0 Å². The van der Waals surface area contributed by atoms with Gasteiger partial charge >= 0.3 is 17.1 Å². The molecule has 12 heteroatoms. The largest absolute Gasteiger partial charge is 0.336 e. The summed E-state index contributed by atoms with van der Waals surface area (Å²) in [7, 11) is 0. The van der Waals surface area contributed by atoms with Gasteiger partial charge in [0.15, 0.2) is 0 Å². The summed E-state index contributed by atoms with van der Waals surface area (Å²) in [6.45, 7) is 4.01. The first-order chi connectivity index (χ1) is 19.8. The van der Waals surface area contributed by atoms with E-state index >= 15 is 0 Å². The number of unbranched alkanes of at least 4 members (excludes halogenated alkanes) is 2. The van der Waals surface area contributed by atoms with E-state index in [4.69, 9.17) is 9.68 Å². The number of rotatable bonds is 16. The van der Waals surface area contributed by atoms with Gasteiger partial charge in [-0.05, 0) is 36.8 Å². The fourth-order valence-corrected chi connectivity index (χ4v) is 4.07. The highest BCUT2D eigenvalue weighted by molar-refractivity contribution is 5.72. The van der Waals surface area contributed by atoms with Crippen molar-refractivity contribution < 1.29 is 19.3 Å². The molecule has 2 aromatic carbocycles. The molecule has 0 saturated carbocycles. The Morgan fingerprint density at radius 2 is 1.05 bits per heavy atom. The quantitative estimate of drug-likeness (QED) is 0.207. The summed E-state index contributed by atoms with van der Waals surface area (Å²) >= 11 is 0. The molecule has 0 spiro atoms. The predicted molar refractivity (Wildman–Crippen MR) is 151 cm³/mol. The Balaban J connectivity index is 1.49. The molecular weight excluding hydrogens is 530 g/mol. The predicted octanol–water partition coefficient (Wildman–Crippen LogP) is 2.22. The van der Waals surface area contributed by atoms with Gasteiger partial charge in [-0.25, -0.2) is 33.6 Å². The van der Waals surface area contributed by atoms with Crippen molar-refractivity contribution in [2.24, 2.45) is 0 Å². The van der Waals surface area contributed by atoms with Crippen molar-refractivity contribution in [2.75, 3.05) is 13.1 Å². The van der Waals surface area contributed by atoms with Gasteiger partial charge in [0.1, 0.15) is 13.2 Å². The molecule has 0 unspecified atom stereocenters. The summed E-state index contributed by atoms with van der Waals surface area (Å²) < 4.78 is 1.96. The Kier molecular flexibility index (Phi) is 12.3. The lowest BCUT2D eigenvalue weighted by Crippen LogP contribution is -2.49. The molecule has 2 amide bonds. The Hall–Kier alpha value is -4.29. The third kappa shape index (κ3) is 10.00. The molecule has 0 aliphatic carbocycles. The topological polar surface area (TPSA) is 136 Å². The maximum Gasteiger partial charge on any atom is 0.336 e. The van der Waals surface area contributed by atoms with Crippen LogP contribution >= 0.6 is 0 Å². The van der Waals surface area contributed by atoms with Crippen LogP contribution in [0, 0.1) is 0 Å². The van der Waals surface area contributed by atoms with E-state index in [2.05, 4.69) is 4.98 Å². The molecule has 12 nitrogen and oxygen atoms in total. The third-order valence-electron chi connectivity index (χ3n) is 6.31.